The second-order valence-corrected chi connectivity index (χ2v) is 5.50. The first-order valence-corrected chi connectivity index (χ1v) is 6.75. The third-order valence-corrected chi connectivity index (χ3v) is 3.96. The third kappa shape index (κ3) is 2.12. The maximum absolute atomic E-state index is 11.9. The quantitative estimate of drug-likeness (QED) is 0.739. The van der Waals surface area contributed by atoms with Crippen molar-refractivity contribution in [2.75, 3.05) is 0 Å². The molecule has 0 fully saturated rings. The van der Waals surface area contributed by atoms with Gasteiger partial charge in [0.05, 0.1) is 0 Å². The van der Waals surface area contributed by atoms with Crippen LogP contribution in [0.4, 0.5) is 0 Å². The molecule has 0 radical (unpaired) electrons. The summed E-state index contributed by atoms with van der Waals surface area (Å²) < 4.78 is 4.88. The van der Waals surface area contributed by atoms with Gasteiger partial charge in [0.1, 0.15) is 5.39 Å². The summed E-state index contributed by atoms with van der Waals surface area (Å²) in [7, 11) is 0. The Labute approximate surface area is 115 Å². The van der Waals surface area contributed by atoms with E-state index in [4.69, 9.17) is 4.42 Å². The molecular weight excluding hydrogens is 280 g/mol. The number of hydrogen-bond acceptors (Lipinski definition) is 5. The Morgan fingerprint density at radius 1 is 1.20 bits per heavy atom. The standard InChI is InChI=1S/C13H10N2O4S/c1-6-7(2-3-20-6)4-8-5-9(16)19-12-10(8)11(17)14-13(18)15-12/h2-3,5H,4H2,1H3,(H2,14,15,17,18). The maximum Gasteiger partial charge on any atom is 0.337 e. The summed E-state index contributed by atoms with van der Waals surface area (Å²) in [6.45, 7) is 1.97. The fourth-order valence-corrected chi connectivity index (χ4v) is 2.85. The fraction of sp³-hybridized carbons (Fsp3) is 0.154. The number of aromatic amines is 2. The highest BCUT2D eigenvalue weighted by molar-refractivity contribution is 7.10. The van der Waals surface area contributed by atoms with E-state index < -0.39 is 16.9 Å². The number of aromatic nitrogens is 2. The molecule has 0 aromatic carbocycles. The Bertz CT molecular complexity index is 955. The van der Waals surface area contributed by atoms with Crippen molar-refractivity contribution >= 4 is 22.4 Å². The molecule has 3 aromatic rings. The van der Waals surface area contributed by atoms with Crippen molar-refractivity contribution in [1.29, 1.82) is 0 Å². The third-order valence-electron chi connectivity index (χ3n) is 3.07. The summed E-state index contributed by atoms with van der Waals surface area (Å²) in [5.41, 5.74) is -0.372. The van der Waals surface area contributed by atoms with Gasteiger partial charge >= 0.3 is 11.3 Å². The average molecular weight is 290 g/mol. The van der Waals surface area contributed by atoms with Gasteiger partial charge in [-0.3, -0.25) is 14.8 Å². The Balaban J connectivity index is 2.30. The molecule has 0 atom stereocenters. The van der Waals surface area contributed by atoms with Gasteiger partial charge in [-0.25, -0.2) is 9.59 Å². The molecule has 0 bridgehead atoms. The van der Waals surface area contributed by atoms with Crippen molar-refractivity contribution in [3.05, 3.63) is 64.8 Å². The van der Waals surface area contributed by atoms with Crippen LogP contribution in [0.2, 0.25) is 0 Å². The summed E-state index contributed by atoms with van der Waals surface area (Å²) in [6, 6.07) is 3.23. The van der Waals surface area contributed by atoms with E-state index in [1.807, 2.05) is 18.4 Å². The second kappa shape index (κ2) is 4.61. The number of aryl methyl sites for hydroxylation is 1. The van der Waals surface area contributed by atoms with Crippen LogP contribution < -0.4 is 16.9 Å². The van der Waals surface area contributed by atoms with Gasteiger partial charge in [0.25, 0.3) is 5.56 Å². The number of H-pyrrole nitrogens is 2. The number of nitrogens with one attached hydrogen (secondary N) is 2. The molecule has 0 saturated carbocycles. The topological polar surface area (TPSA) is 95.9 Å². The molecule has 0 aliphatic rings. The maximum atomic E-state index is 11.9. The first-order valence-electron chi connectivity index (χ1n) is 5.87. The number of hydrogen-bond donors (Lipinski definition) is 2. The molecule has 0 aliphatic heterocycles. The fourth-order valence-electron chi connectivity index (χ4n) is 2.12. The van der Waals surface area contributed by atoms with Crippen LogP contribution in [0.5, 0.6) is 0 Å². The predicted molar refractivity (Wildman–Crippen MR) is 75.6 cm³/mol. The van der Waals surface area contributed by atoms with Crippen LogP contribution in [0.3, 0.4) is 0 Å². The van der Waals surface area contributed by atoms with E-state index in [0.717, 1.165) is 10.4 Å². The van der Waals surface area contributed by atoms with Crippen LogP contribution in [-0.2, 0) is 6.42 Å². The molecule has 0 saturated heterocycles. The van der Waals surface area contributed by atoms with E-state index in [2.05, 4.69) is 9.97 Å². The van der Waals surface area contributed by atoms with Gasteiger partial charge in [-0.15, -0.1) is 11.3 Å². The van der Waals surface area contributed by atoms with E-state index in [9.17, 15) is 14.4 Å². The van der Waals surface area contributed by atoms with Crippen LogP contribution in [0.15, 0.2) is 36.3 Å². The molecule has 3 rings (SSSR count). The number of rotatable bonds is 2. The minimum absolute atomic E-state index is 0.0888. The van der Waals surface area contributed by atoms with Crippen molar-refractivity contribution in [1.82, 2.24) is 9.97 Å². The molecule has 3 heterocycles. The highest BCUT2D eigenvalue weighted by atomic mass is 32.1. The van der Waals surface area contributed by atoms with Gasteiger partial charge < -0.3 is 4.42 Å². The largest absolute Gasteiger partial charge is 0.405 e. The predicted octanol–water partition coefficient (Wildman–Crippen LogP) is 1.13. The molecule has 0 aliphatic carbocycles. The van der Waals surface area contributed by atoms with Crippen LogP contribution in [0.25, 0.3) is 11.1 Å². The Morgan fingerprint density at radius 2 is 2.00 bits per heavy atom. The van der Waals surface area contributed by atoms with Gasteiger partial charge in [0, 0.05) is 10.9 Å². The van der Waals surface area contributed by atoms with Crippen LogP contribution in [-0.4, -0.2) is 9.97 Å². The summed E-state index contributed by atoms with van der Waals surface area (Å²) in [5, 5.41) is 2.15. The van der Waals surface area contributed by atoms with Crippen LogP contribution >= 0.6 is 11.3 Å². The zero-order valence-electron chi connectivity index (χ0n) is 10.5. The molecule has 0 amide bonds. The molecule has 20 heavy (non-hydrogen) atoms. The lowest BCUT2D eigenvalue weighted by molar-refractivity contribution is 0.545. The summed E-state index contributed by atoms with van der Waals surface area (Å²) in [5.74, 6) is 0. The van der Waals surface area contributed by atoms with E-state index in [0.29, 0.717) is 12.0 Å². The molecule has 0 spiro atoms. The van der Waals surface area contributed by atoms with Gasteiger partial charge in [0.15, 0.2) is 0 Å². The molecule has 0 unspecified atom stereocenters. The highest BCUT2D eigenvalue weighted by Gasteiger charge is 2.12. The summed E-state index contributed by atoms with van der Waals surface area (Å²) in [6.07, 6.45) is 0.437. The lowest BCUT2D eigenvalue weighted by atomic mass is 10.0. The van der Waals surface area contributed by atoms with E-state index >= 15 is 0 Å². The first kappa shape index (κ1) is 12.6. The van der Waals surface area contributed by atoms with Gasteiger partial charge in [-0.2, -0.15) is 0 Å². The van der Waals surface area contributed by atoms with Crippen LogP contribution in [0, 0.1) is 6.92 Å². The zero-order chi connectivity index (χ0) is 14.3. The Hall–Kier alpha value is -2.41. The van der Waals surface area contributed by atoms with Crippen LogP contribution in [0.1, 0.15) is 16.0 Å². The summed E-state index contributed by atoms with van der Waals surface area (Å²) >= 11 is 1.59. The second-order valence-electron chi connectivity index (χ2n) is 4.38. The van der Waals surface area contributed by atoms with Crippen molar-refractivity contribution in [3.63, 3.8) is 0 Å². The highest BCUT2D eigenvalue weighted by Crippen LogP contribution is 2.20. The molecule has 3 aromatic heterocycles. The minimum Gasteiger partial charge on any atom is -0.405 e. The van der Waals surface area contributed by atoms with Crippen molar-refractivity contribution in [2.24, 2.45) is 0 Å². The van der Waals surface area contributed by atoms with E-state index in [1.165, 1.54) is 6.07 Å². The van der Waals surface area contributed by atoms with Gasteiger partial charge in [-0.05, 0) is 35.9 Å². The lowest BCUT2D eigenvalue weighted by Crippen LogP contribution is -2.24. The molecule has 102 valence electrons. The number of fused-ring (bicyclic) bond motifs is 1. The Kier molecular flexibility index (Phi) is 2.90. The molecule has 2 N–H and O–H groups in total. The van der Waals surface area contributed by atoms with E-state index in [1.54, 1.807) is 11.3 Å². The summed E-state index contributed by atoms with van der Waals surface area (Å²) in [4.78, 5) is 40.3. The normalized spacial score (nSPS) is 11.1. The molecule has 6 nitrogen and oxygen atoms in total. The zero-order valence-corrected chi connectivity index (χ0v) is 11.3. The monoisotopic (exact) mass is 290 g/mol. The lowest BCUT2D eigenvalue weighted by Gasteiger charge is -2.03. The van der Waals surface area contributed by atoms with Crippen molar-refractivity contribution in [2.45, 2.75) is 13.3 Å². The average Bonchev–Trinajstić information content (AvgIpc) is 2.73. The minimum atomic E-state index is -0.700. The molecular formula is C13H10N2O4S. The van der Waals surface area contributed by atoms with Gasteiger partial charge in [-0.1, -0.05) is 0 Å². The SMILES string of the molecule is Cc1sccc1Cc1cc(=O)oc2[nH]c(=O)[nH]c(=O)c12. The Morgan fingerprint density at radius 3 is 2.70 bits per heavy atom. The van der Waals surface area contributed by atoms with Crippen molar-refractivity contribution in [3.8, 4) is 0 Å². The molecule has 7 heteroatoms. The van der Waals surface area contributed by atoms with Crippen molar-refractivity contribution < 1.29 is 4.42 Å². The first-order chi connectivity index (χ1) is 9.54. The van der Waals surface area contributed by atoms with Gasteiger partial charge in [0.2, 0.25) is 5.71 Å². The smallest absolute Gasteiger partial charge is 0.337 e. The number of thiophene rings is 1. The van der Waals surface area contributed by atoms with E-state index in [-0.39, 0.29) is 11.1 Å².